The number of alkyl halides is 2. The van der Waals surface area contributed by atoms with Crippen molar-refractivity contribution in [2.45, 2.75) is 37.2 Å². The van der Waals surface area contributed by atoms with Crippen LogP contribution in [0.15, 0.2) is 30.5 Å². The molecule has 1 heterocycles. The molecule has 1 fully saturated rings. The number of carbonyl (C=O) groups is 1. The van der Waals surface area contributed by atoms with Crippen molar-refractivity contribution in [2.75, 3.05) is 6.54 Å². The number of hydrogen-bond acceptors (Lipinski definition) is 2. The van der Waals surface area contributed by atoms with Gasteiger partial charge in [0, 0.05) is 48.3 Å². The molecule has 0 aliphatic heterocycles. The Hall–Kier alpha value is -1.66. The van der Waals surface area contributed by atoms with E-state index in [4.69, 9.17) is 11.8 Å². The Morgan fingerprint density at radius 3 is 2.65 bits per heavy atom. The van der Waals surface area contributed by atoms with Gasteiger partial charge in [0.1, 0.15) is 0 Å². The van der Waals surface area contributed by atoms with Crippen LogP contribution < -0.4 is 5.32 Å². The van der Waals surface area contributed by atoms with Gasteiger partial charge in [-0.25, -0.2) is 8.78 Å². The van der Waals surface area contributed by atoms with Gasteiger partial charge >= 0.3 is 0 Å². The number of aromatic nitrogens is 1. The quantitative estimate of drug-likeness (QED) is 0.899. The monoisotopic (exact) mass is 342 g/mol. The molecule has 2 N–H and O–H groups in total. The van der Waals surface area contributed by atoms with E-state index >= 15 is 0 Å². The molecule has 23 heavy (non-hydrogen) atoms. The van der Waals surface area contributed by atoms with E-state index in [1.54, 1.807) is 30.5 Å². The number of aliphatic hydroxyl groups is 1. The third kappa shape index (κ3) is 3.48. The first-order chi connectivity index (χ1) is 10.8. The largest absolute Gasteiger partial charge is 0.388 e. The lowest BCUT2D eigenvalue weighted by atomic mass is 9.82. The molecular weight excluding hydrogens is 326 g/mol. The average Bonchev–Trinajstić information content (AvgIpc) is 2.89. The fraction of sp³-hybridized carbons (Fsp3) is 0.438. The Kier molecular flexibility index (Phi) is 4.06. The number of amides is 1. The molecule has 1 aliphatic rings. The Morgan fingerprint density at radius 2 is 1.96 bits per heavy atom. The lowest BCUT2D eigenvalue weighted by Crippen LogP contribution is -2.47. The van der Waals surface area contributed by atoms with Gasteiger partial charge in [0.2, 0.25) is 5.92 Å². The second kappa shape index (κ2) is 5.76. The molecule has 1 aliphatic carbocycles. The van der Waals surface area contributed by atoms with E-state index in [1.807, 2.05) is 0 Å². The molecule has 0 atom stereocenters. The van der Waals surface area contributed by atoms with E-state index in [2.05, 4.69) is 5.32 Å². The van der Waals surface area contributed by atoms with Crippen LogP contribution in [0.2, 0.25) is 0 Å². The summed E-state index contributed by atoms with van der Waals surface area (Å²) in [7, 11) is 0. The van der Waals surface area contributed by atoms with E-state index in [0.717, 1.165) is 10.9 Å². The van der Waals surface area contributed by atoms with E-state index in [1.165, 1.54) is 4.09 Å². The van der Waals surface area contributed by atoms with Crippen molar-refractivity contribution in [1.29, 1.82) is 0 Å². The van der Waals surface area contributed by atoms with Gasteiger partial charge in [-0.2, -0.15) is 0 Å². The second-order valence-corrected chi connectivity index (χ2v) is 6.53. The van der Waals surface area contributed by atoms with Crippen LogP contribution in [0.3, 0.4) is 0 Å². The van der Waals surface area contributed by atoms with Crippen molar-refractivity contribution < 1.29 is 18.7 Å². The Balaban J connectivity index is 1.64. The number of halogens is 3. The standard InChI is InChI=1S/C16H17ClF2N2O2/c17-21-8-3-11-9-12(1-2-13(11)21)14(22)20-10-15(23)4-6-16(18,19)7-5-15/h1-3,8-9,23H,4-7,10H2,(H,20,22). The Morgan fingerprint density at radius 1 is 1.26 bits per heavy atom. The minimum Gasteiger partial charge on any atom is -0.388 e. The van der Waals surface area contributed by atoms with Gasteiger partial charge in [-0.1, -0.05) is 0 Å². The van der Waals surface area contributed by atoms with E-state index in [9.17, 15) is 18.7 Å². The van der Waals surface area contributed by atoms with Crippen LogP contribution in [0.25, 0.3) is 10.9 Å². The topological polar surface area (TPSA) is 54.3 Å². The number of benzene rings is 1. The number of carbonyl (C=O) groups excluding carboxylic acids is 1. The highest BCUT2D eigenvalue weighted by atomic mass is 35.5. The molecule has 1 aromatic heterocycles. The van der Waals surface area contributed by atoms with E-state index < -0.39 is 11.5 Å². The summed E-state index contributed by atoms with van der Waals surface area (Å²) in [5.74, 6) is -3.06. The molecule has 0 saturated heterocycles. The van der Waals surface area contributed by atoms with Crippen LogP contribution in [-0.2, 0) is 0 Å². The maximum atomic E-state index is 13.2. The molecule has 1 saturated carbocycles. The molecule has 3 rings (SSSR count). The van der Waals surface area contributed by atoms with Crippen LogP contribution in [0.5, 0.6) is 0 Å². The van der Waals surface area contributed by atoms with Gasteiger partial charge in [0.15, 0.2) is 0 Å². The normalized spacial score (nSPS) is 19.7. The first-order valence-electron chi connectivity index (χ1n) is 7.44. The third-order valence-corrected chi connectivity index (χ3v) is 4.69. The third-order valence-electron chi connectivity index (χ3n) is 4.40. The summed E-state index contributed by atoms with van der Waals surface area (Å²) in [6.45, 7) is -0.0313. The number of hydrogen-bond donors (Lipinski definition) is 2. The van der Waals surface area contributed by atoms with Crippen molar-refractivity contribution in [2.24, 2.45) is 0 Å². The van der Waals surface area contributed by atoms with Gasteiger partial charge in [-0.15, -0.1) is 0 Å². The van der Waals surface area contributed by atoms with Crippen LogP contribution in [-0.4, -0.2) is 33.2 Å². The van der Waals surface area contributed by atoms with Gasteiger partial charge in [0.05, 0.1) is 11.1 Å². The van der Waals surface area contributed by atoms with Crippen molar-refractivity contribution in [3.8, 4) is 0 Å². The zero-order chi connectivity index (χ0) is 16.7. The van der Waals surface area contributed by atoms with Gasteiger partial charge in [-0.3, -0.25) is 8.88 Å². The fourth-order valence-corrected chi connectivity index (χ4v) is 3.06. The summed E-state index contributed by atoms with van der Waals surface area (Å²) >= 11 is 5.93. The maximum Gasteiger partial charge on any atom is 0.251 e. The smallest absolute Gasteiger partial charge is 0.251 e. The summed E-state index contributed by atoms with van der Waals surface area (Å²) in [4.78, 5) is 12.2. The van der Waals surface area contributed by atoms with Crippen molar-refractivity contribution in [3.63, 3.8) is 0 Å². The van der Waals surface area contributed by atoms with Crippen molar-refractivity contribution in [1.82, 2.24) is 9.40 Å². The SMILES string of the molecule is O=C(NCC1(O)CCC(F)(F)CC1)c1ccc2c(ccn2Cl)c1. The van der Waals surface area contributed by atoms with Gasteiger partial charge in [-0.05, 0) is 37.1 Å². The summed E-state index contributed by atoms with van der Waals surface area (Å²) in [5.41, 5.74) is -0.0394. The van der Waals surface area contributed by atoms with Crippen molar-refractivity contribution in [3.05, 3.63) is 36.0 Å². The lowest BCUT2D eigenvalue weighted by Gasteiger charge is -2.35. The van der Waals surface area contributed by atoms with Crippen molar-refractivity contribution >= 4 is 28.6 Å². The van der Waals surface area contributed by atoms with Crippen LogP contribution >= 0.6 is 11.8 Å². The summed E-state index contributed by atoms with van der Waals surface area (Å²) < 4.78 is 27.7. The molecule has 0 radical (unpaired) electrons. The predicted molar refractivity (Wildman–Crippen MR) is 83.9 cm³/mol. The number of nitrogens with zero attached hydrogens (tertiary/aromatic N) is 1. The number of rotatable bonds is 3. The highest BCUT2D eigenvalue weighted by Gasteiger charge is 2.42. The zero-order valence-electron chi connectivity index (χ0n) is 12.4. The first kappa shape index (κ1) is 16.2. The maximum absolute atomic E-state index is 13.2. The molecule has 2 aromatic rings. The zero-order valence-corrected chi connectivity index (χ0v) is 13.1. The fourth-order valence-electron chi connectivity index (χ4n) is 2.85. The van der Waals surface area contributed by atoms with E-state index in [0.29, 0.717) is 5.56 Å². The molecule has 0 spiro atoms. The minimum atomic E-state index is -2.71. The molecule has 1 amide bonds. The average molecular weight is 343 g/mol. The Labute approximate surface area is 137 Å². The highest BCUT2D eigenvalue weighted by Crippen LogP contribution is 2.38. The molecule has 0 bridgehead atoms. The highest BCUT2D eigenvalue weighted by molar-refractivity contribution is 6.19. The van der Waals surface area contributed by atoms with Crippen LogP contribution in [0.1, 0.15) is 36.0 Å². The summed E-state index contributed by atoms with van der Waals surface area (Å²) in [6, 6.07) is 6.85. The van der Waals surface area contributed by atoms with Gasteiger partial charge in [0.25, 0.3) is 5.91 Å². The van der Waals surface area contributed by atoms with Crippen LogP contribution in [0.4, 0.5) is 8.78 Å². The number of fused-ring (bicyclic) bond motifs is 1. The molecule has 4 nitrogen and oxygen atoms in total. The summed E-state index contributed by atoms with van der Waals surface area (Å²) in [5, 5.41) is 13.8. The number of nitrogens with one attached hydrogen (secondary N) is 1. The lowest BCUT2D eigenvalue weighted by molar-refractivity contribution is -0.101. The minimum absolute atomic E-state index is 0.0194. The predicted octanol–water partition coefficient (Wildman–Crippen LogP) is 3.31. The first-order valence-corrected chi connectivity index (χ1v) is 7.78. The molecule has 0 unspecified atom stereocenters. The molecular formula is C16H17ClF2N2O2. The molecule has 1 aromatic carbocycles. The van der Waals surface area contributed by atoms with Gasteiger partial charge < -0.3 is 10.4 Å². The summed E-state index contributed by atoms with van der Waals surface area (Å²) in [6.07, 6.45) is 0.935. The molecule has 7 heteroatoms. The molecule has 124 valence electrons. The van der Waals surface area contributed by atoms with E-state index in [-0.39, 0.29) is 38.1 Å². The second-order valence-electron chi connectivity index (χ2n) is 6.16. The Bertz CT molecular complexity index is 735. The van der Waals surface area contributed by atoms with Crippen LogP contribution in [0, 0.1) is 0 Å².